The molecule has 0 bridgehead atoms. The molecule has 1 heterocycles. The Morgan fingerprint density at radius 1 is 0.714 bits per heavy atom. The molecular formula is C21H18BF4NO. The van der Waals surface area contributed by atoms with Crippen LogP contribution in [0.1, 0.15) is 0 Å². The average Bonchev–Trinajstić information content (AvgIpc) is 2.67. The van der Waals surface area contributed by atoms with Crippen molar-refractivity contribution in [2.24, 2.45) is 7.05 Å². The molecule has 2 nitrogen and oxygen atoms in total. The number of fused-ring (bicyclic) bond motifs is 2. The molecule has 0 spiro atoms. The van der Waals surface area contributed by atoms with Crippen LogP contribution in [0, 0.1) is 0 Å². The lowest BCUT2D eigenvalue weighted by molar-refractivity contribution is -0.617. The fourth-order valence-corrected chi connectivity index (χ4v) is 3.30. The number of benzene rings is 3. The first-order valence-electron chi connectivity index (χ1n) is 8.61. The first-order chi connectivity index (χ1) is 13.3. The number of hydrogen-bond donors (Lipinski definition) is 0. The molecule has 0 fully saturated rings. The highest BCUT2D eigenvalue weighted by Gasteiger charge is 2.20. The van der Waals surface area contributed by atoms with Crippen LogP contribution in [0.3, 0.4) is 0 Å². The molecule has 4 aromatic rings. The molecular weight excluding hydrogens is 369 g/mol. The van der Waals surface area contributed by atoms with Crippen molar-refractivity contribution in [1.29, 1.82) is 0 Å². The molecule has 0 saturated heterocycles. The Hall–Kier alpha value is -3.09. The summed E-state index contributed by atoms with van der Waals surface area (Å²) in [6, 6.07) is 25.4. The highest BCUT2D eigenvalue weighted by Crippen LogP contribution is 2.34. The van der Waals surface area contributed by atoms with E-state index in [1.165, 1.54) is 32.9 Å². The SMILES string of the molecule is COc1ccc(-c2c3ccccc3[n+](C)c3ccccc23)cc1.F[B-](F)(F)F. The number of para-hydroxylation sites is 2. The average molecular weight is 387 g/mol. The molecule has 0 atom stereocenters. The van der Waals surface area contributed by atoms with Crippen LogP contribution < -0.4 is 9.30 Å². The molecule has 7 heteroatoms. The first kappa shape index (κ1) is 19.7. The quantitative estimate of drug-likeness (QED) is 0.184. The molecule has 28 heavy (non-hydrogen) atoms. The minimum atomic E-state index is -6.00. The summed E-state index contributed by atoms with van der Waals surface area (Å²) in [6.07, 6.45) is 0. The molecule has 144 valence electrons. The third kappa shape index (κ3) is 4.25. The zero-order chi connectivity index (χ0) is 20.3. The van der Waals surface area contributed by atoms with Gasteiger partial charge in [-0.3, -0.25) is 0 Å². The van der Waals surface area contributed by atoms with Crippen molar-refractivity contribution in [3.8, 4) is 16.9 Å². The van der Waals surface area contributed by atoms with E-state index in [1.54, 1.807) is 7.11 Å². The van der Waals surface area contributed by atoms with Crippen LogP contribution in [0.15, 0.2) is 72.8 Å². The molecule has 0 aliphatic heterocycles. The van der Waals surface area contributed by atoms with Crippen LogP contribution in [0.5, 0.6) is 5.75 Å². The van der Waals surface area contributed by atoms with Gasteiger partial charge in [0.05, 0.1) is 17.9 Å². The summed E-state index contributed by atoms with van der Waals surface area (Å²) in [5.74, 6) is 0.879. The van der Waals surface area contributed by atoms with E-state index in [4.69, 9.17) is 4.74 Å². The number of aromatic nitrogens is 1. The van der Waals surface area contributed by atoms with Gasteiger partial charge < -0.3 is 22.0 Å². The van der Waals surface area contributed by atoms with E-state index in [2.05, 4.69) is 72.3 Å². The molecule has 1 aromatic heterocycles. The van der Waals surface area contributed by atoms with Gasteiger partial charge in [0.25, 0.3) is 0 Å². The van der Waals surface area contributed by atoms with E-state index < -0.39 is 7.25 Å². The first-order valence-corrected chi connectivity index (χ1v) is 8.61. The van der Waals surface area contributed by atoms with Crippen LogP contribution in [-0.2, 0) is 7.05 Å². The normalized spacial score (nSPS) is 11.2. The van der Waals surface area contributed by atoms with Gasteiger partial charge in [-0.1, -0.05) is 36.4 Å². The lowest BCUT2D eigenvalue weighted by Crippen LogP contribution is -2.30. The maximum atomic E-state index is 9.75. The van der Waals surface area contributed by atoms with Crippen LogP contribution in [0.25, 0.3) is 32.9 Å². The van der Waals surface area contributed by atoms with Gasteiger partial charge in [-0.2, -0.15) is 4.57 Å². The Kier molecular flexibility index (Phi) is 5.54. The lowest BCUT2D eigenvalue weighted by atomic mass is 9.96. The van der Waals surface area contributed by atoms with Crippen molar-refractivity contribution >= 4 is 29.1 Å². The van der Waals surface area contributed by atoms with E-state index >= 15 is 0 Å². The van der Waals surface area contributed by atoms with Gasteiger partial charge in [-0.25, -0.2) is 0 Å². The van der Waals surface area contributed by atoms with Crippen LogP contribution in [-0.4, -0.2) is 14.4 Å². The van der Waals surface area contributed by atoms with Crippen LogP contribution >= 0.6 is 0 Å². The summed E-state index contributed by atoms with van der Waals surface area (Å²) < 4.78 is 46.6. The molecule has 0 unspecified atom stereocenters. The Morgan fingerprint density at radius 3 is 1.57 bits per heavy atom. The van der Waals surface area contributed by atoms with Gasteiger partial charge in [0.15, 0.2) is 0 Å². The lowest BCUT2D eigenvalue weighted by Gasteiger charge is -2.11. The molecule has 0 amide bonds. The standard InChI is InChI=1S/C21H18NO.BF4/c1-22-19-9-5-3-7-17(19)21(18-8-4-6-10-20(18)22)15-11-13-16(23-2)14-12-15;2-1(3,4)5/h3-14H,1-2H3;/q+1;-1. The van der Waals surface area contributed by atoms with Crippen molar-refractivity contribution < 1.29 is 26.6 Å². The number of aryl methyl sites for hydroxylation is 1. The maximum absolute atomic E-state index is 9.75. The largest absolute Gasteiger partial charge is 0.673 e. The second-order valence-electron chi connectivity index (χ2n) is 6.19. The Labute approximate surface area is 160 Å². The minimum absolute atomic E-state index is 0.879. The number of nitrogens with zero attached hydrogens (tertiary/aromatic N) is 1. The monoisotopic (exact) mass is 387 g/mol. The fraction of sp³-hybridized carbons (Fsp3) is 0.0952. The van der Waals surface area contributed by atoms with E-state index in [1.807, 2.05) is 12.1 Å². The van der Waals surface area contributed by atoms with Gasteiger partial charge in [0.1, 0.15) is 12.8 Å². The maximum Gasteiger partial charge on any atom is 0.673 e. The summed E-state index contributed by atoms with van der Waals surface area (Å²) in [5, 5.41) is 2.53. The minimum Gasteiger partial charge on any atom is -0.497 e. The third-order valence-electron chi connectivity index (χ3n) is 4.45. The van der Waals surface area contributed by atoms with Gasteiger partial charge >= 0.3 is 7.25 Å². The van der Waals surface area contributed by atoms with Gasteiger partial charge in [0, 0.05) is 17.7 Å². The van der Waals surface area contributed by atoms with E-state index in [0.29, 0.717) is 0 Å². The molecule has 0 N–H and O–H groups in total. The zero-order valence-corrected chi connectivity index (χ0v) is 15.4. The summed E-state index contributed by atoms with van der Waals surface area (Å²) in [6.45, 7) is 0. The topological polar surface area (TPSA) is 13.1 Å². The fourth-order valence-electron chi connectivity index (χ4n) is 3.30. The van der Waals surface area contributed by atoms with Crippen molar-refractivity contribution in [3.05, 3.63) is 72.8 Å². The number of halogens is 4. The zero-order valence-electron chi connectivity index (χ0n) is 15.4. The van der Waals surface area contributed by atoms with Crippen molar-refractivity contribution in [2.45, 2.75) is 0 Å². The summed E-state index contributed by atoms with van der Waals surface area (Å²) in [7, 11) is -2.18. The van der Waals surface area contributed by atoms with E-state index in [-0.39, 0.29) is 0 Å². The summed E-state index contributed by atoms with van der Waals surface area (Å²) in [5.41, 5.74) is 4.95. The number of rotatable bonds is 2. The smallest absolute Gasteiger partial charge is 0.497 e. The highest BCUT2D eigenvalue weighted by atomic mass is 19.5. The molecule has 0 aliphatic rings. The van der Waals surface area contributed by atoms with Gasteiger partial charge in [-0.15, -0.1) is 0 Å². The third-order valence-corrected chi connectivity index (χ3v) is 4.45. The number of ether oxygens (including phenoxy) is 1. The second kappa shape index (κ2) is 7.88. The number of methoxy groups -OCH3 is 1. The summed E-state index contributed by atoms with van der Waals surface area (Å²) >= 11 is 0. The van der Waals surface area contributed by atoms with Crippen molar-refractivity contribution in [3.63, 3.8) is 0 Å². The van der Waals surface area contributed by atoms with E-state index in [0.717, 1.165) is 5.75 Å². The van der Waals surface area contributed by atoms with Crippen LogP contribution in [0.2, 0.25) is 0 Å². The van der Waals surface area contributed by atoms with Crippen molar-refractivity contribution in [1.82, 2.24) is 0 Å². The Bertz CT molecular complexity index is 1050. The summed E-state index contributed by atoms with van der Waals surface area (Å²) in [4.78, 5) is 0. The van der Waals surface area contributed by atoms with Crippen molar-refractivity contribution in [2.75, 3.05) is 7.11 Å². The Morgan fingerprint density at radius 2 is 1.14 bits per heavy atom. The molecule has 0 radical (unpaired) electrons. The predicted octanol–water partition coefficient (Wildman–Crippen LogP) is 5.79. The molecule has 4 rings (SSSR count). The number of hydrogen-bond acceptors (Lipinski definition) is 1. The molecule has 3 aromatic carbocycles. The second-order valence-corrected chi connectivity index (χ2v) is 6.19. The van der Waals surface area contributed by atoms with Gasteiger partial charge in [0.2, 0.25) is 11.0 Å². The van der Waals surface area contributed by atoms with Gasteiger partial charge in [-0.05, 0) is 29.8 Å². The molecule has 0 aliphatic carbocycles. The highest BCUT2D eigenvalue weighted by molar-refractivity contribution is 6.50. The number of pyridine rings is 1. The Balaban J connectivity index is 0.000000403. The van der Waals surface area contributed by atoms with Crippen LogP contribution in [0.4, 0.5) is 17.3 Å². The molecule has 0 saturated carbocycles. The van der Waals surface area contributed by atoms with E-state index in [9.17, 15) is 17.3 Å². The predicted molar refractivity (Wildman–Crippen MR) is 105 cm³/mol.